The first-order chi connectivity index (χ1) is 18.3. The largest absolute Gasteiger partial charge is 0.494 e. The fourth-order valence-electron chi connectivity index (χ4n) is 5.24. The van der Waals surface area contributed by atoms with E-state index < -0.39 is 17.1 Å². The van der Waals surface area contributed by atoms with E-state index in [2.05, 4.69) is 15.0 Å². The predicted molar refractivity (Wildman–Crippen MR) is 146 cm³/mol. The summed E-state index contributed by atoms with van der Waals surface area (Å²) in [4.78, 5) is 35.2. The summed E-state index contributed by atoms with van der Waals surface area (Å²) in [5, 5.41) is 5.19. The lowest BCUT2D eigenvalue weighted by atomic mass is 10.1. The zero-order valence-corrected chi connectivity index (χ0v) is 22.5. The van der Waals surface area contributed by atoms with E-state index in [9.17, 15) is 14.0 Å². The summed E-state index contributed by atoms with van der Waals surface area (Å²) in [6.07, 6.45) is 6.79. The van der Waals surface area contributed by atoms with E-state index in [1.54, 1.807) is 34.8 Å². The molecule has 0 saturated carbocycles. The Morgan fingerprint density at radius 1 is 1.18 bits per heavy atom. The molecule has 38 heavy (non-hydrogen) atoms. The maximum Gasteiger partial charge on any atom is 0.336 e. The van der Waals surface area contributed by atoms with Gasteiger partial charge in [-0.1, -0.05) is 11.6 Å². The molecule has 1 aliphatic heterocycles. The van der Waals surface area contributed by atoms with Crippen LogP contribution in [0.15, 0.2) is 46.4 Å². The van der Waals surface area contributed by atoms with E-state index in [4.69, 9.17) is 16.3 Å². The Morgan fingerprint density at radius 2 is 2.00 bits per heavy atom. The van der Waals surface area contributed by atoms with Crippen molar-refractivity contribution in [2.75, 3.05) is 20.7 Å². The summed E-state index contributed by atoms with van der Waals surface area (Å²) in [5.41, 5.74) is 1.12. The van der Waals surface area contributed by atoms with Crippen molar-refractivity contribution in [3.63, 3.8) is 0 Å². The minimum Gasteiger partial charge on any atom is -0.494 e. The number of benzene rings is 1. The maximum atomic E-state index is 14.2. The van der Waals surface area contributed by atoms with Crippen LogP contribution in [0.25, 0.3) is 37.2 Å². The molecule has 0 bridgehead atoms. The summed E-state index contributed by atoms with van der Waals surface area (Å²) in [6, 6.07) is 4.62. The monoisotopic (exact) mass is 554 g/mol. The van der Waals surface area contributed by atoms with E-state index >= 15 is 0 Å². The second kappa shape index (κ2) is 9.33. The number of halogens is 2. The van der Waals surface area contributed by atoms with Crippen molar-refractivity contribution in [1.29, 1.82) is 0 Å². The highest BCUT2D eigenvalue weighted by atomic mass is 35.5. The van der Waals surface area contributed by atoms with Crippen LogP contribution >= 0.6 is 22.9 Å². The molecular weight excluding hydrogens is 531 g/mol. The van der Waals surface area contributed by atoms with Gasteiger partial charge in [-0.25, -0.2) is 13.8 Å². The molecule has 5 heterocycles. The van der Waals surface area contributed by atoms with Gasteiger partial charge in [0.15, 0.2) is 11.6 Å². The van der Waals surface area contributed by atoms with Gasteiger partial charge in [0, 0.05) is 41.7 Å². The Balaban J connectivity index is 1.66. The summed E-state index contributed by atoms with van der Waals surface area (Å²) in [6.45, 7) is 1.36. The van der Waals surface area contributed by atoms with Gasteiger partial charge in [0.05, 0.1) is 41.2 Å². The number of aryl methyl sites for hydroxylation is 1. The lowest BCUT2D eigenvalue weighted by Gasteiger charge is -2.21. The van der Waals surface area contributed by atoms with Gasteiger partial charge in [-0.05, 0) is 44.6 Å². The standard InChI is InChI=1S/C26H24ClFN6O3S/c1-31-6-4-5-15(31)13-33-19-9-22(16-7-21(37-3)18(28)8-17(16)27)38-24(19)25(35)34(26(33)36)20-12-29-10-14-11-30-32(2)23(14)20/h7-12,15H,4-6,13H2,1-3H3. The molecule has 0 radical (unpaired) electrons. The number of rotatable bonds is 5. The van der Waals surface area contributed by atoms with Gasteiger partial charge in [0.2, 0.25) is 0 Å². The van der Waals surface area contributed by atoms with Gasteiger partial charge in [0.1, 0.15) is 4.70 Å². The zero-order valence-electron chi connectivity index (χ0n) is 20.9. The van der Waals surface area contributed by atoms with Crippen molar-refractivity contribution in [1.82, 2.24) is 28.8 Å². The van der Waals surface area contributed by atoms with Gasteiger partial charge < -0.3 is 9.64 Å². The van der Waals surface area contributed by atoms with Gasteiger partial charge in [-0.2, -0.15) is 5.10 Å². The Morgan fingerprint density at radius 3 is 2.74 bits per heavy atom. The first-order valence-corrected chi connectivity index (χ1v) is 13.3. The first-order valence-electron chi connectivity index (χ1n) is 12.1. The highest BCUT2D eigenvalue weighted by molar-refractivity contribution is 7.22. The molecule has 4 aromatic heterocycles. The summed E-state index contributed by atoms with van der Waals surface area (Å²) >= 11 is 7.63. The maximum absolute atomic E-state index is 14.2. The predicted octanol–water partition coefficient (Wildman–Crippen LogP) is 4.06. The van der Waals surface area contributed by atoms with Crippen molar-refractivity contribution in [3.8, 4) is 21.9 Å². The summed E-state index contributed by atoms with van der Waals surface area (Å²) in [7, 11) is 5.18. The van der Waals surface area contributed by atoms with Crippen LogP contribution in [0.4, 0.5) is 4.39 Å². The molecule has 1 unspecified atom stereocenters. The molecule has 12 heteroatoms. The summed E-state index contributed by atoms with van der Waals surface area (Å²) < 4.78 is 24.3. The van der Waals surface area contributed by atoms with Crippen molar-refractivity contribution < 1.29 is 9.13 Å². The second-order valence-electron chi connectivity index (χ2n) is 9.47. The van der Waals surface area contributed by atoms with Crippen LogP contribution in [0.3, 0.4) is 0 Å². The number of ether oxygens (including phenoxy) is 1. The van der Waals surface area contributed by atoms with Gasteiger partial charge >= 0.3 is 5.69 Å². The quantitative estimate of drug-likeness (QED) is 0.326. The SMILES string of the molecule is COc1cc(-c2cc3c(s2)c(=O)n(-c2cncc4cnn(C)c24)c(=O)n3CC2CCCN2C)c(Cl)cc1F. The van der Waals surface area contributed by atoms with Gasteiger partial charge in [0.25, 0.3) is 5.56 Å². The molecule has 1 saturated heterocycles. The third kappa shape index (κ3) is 3.84. The normalized spacial score (nSPS) is 16.2. The average Bonchev–Trinajstić information content (AvgIpc) is 3.61. The molecule has 0 amide bonds. The highest BCUT2D eigenvalue weighted by Crippen LogP contribution is 2.39. The number of likely N-dealkylation sites (tertiary alicyclic amines) is 1. The smallest absolute Gasteiger partial charge is 0.336 e. The molecule has 0 N–H and O–H groups in total. The number of hydrogen-bond acceptors (Lipinski definition) is 7. The number of hydrogen-bond donors (Lipinski definition) is 0. The van der Waals surface area contributed by atoms with Crippen LogP contribution in [0.1, 0.15) is 12.8 Å². The zero-order chi connectivity index (χ0) is 26.7. The van der Waals surface area contributed by atoms with E-state index in [1.165, 1.54) is 41.3 Å². The minimum absolute atomic E-state index is 0.0400. The molecule has 9 nitrogen and oxygen atoms in total. The third-order valence-electron chi connectivity index (χ3n) is 7.26. The lowest BCUT2D eigenvalue weighted by molar-refractivity contribution is 0.281. The third-order valence-corrected chi connectivity index (χ3v) is 8.71. The number of methoxy groups -OCH3 is 1. The highest BCUT2D eigenvalue weighted by Gasteiger charge is 2.26. The topological polar surface area (TPSA) is 87.2 Å². The Hall–Kier alpha value is -3.54. The number of pyridine rings is 1. The molecular formula is C26H24ClFN6O3S. The second-order valence-corrected chi connectivity index (χ2v) is 10.9. The molecule has 6 rings (SSSR count). The van der Waals surface area contributed by atoms with E-state index in [0.29, 0.717) is 38.4 Å². The summed E-state index contributed by atoms with van der Waals surface area (Å²) in [5.74, 6) is -0.541. The van der Waals surface area contributed by atoms with Gasteiger partial charge in [-0.15, -0.1) is 11.3 Å². The van der Waals surface area contributed by atoms with E-state index in [-0.39, 0.29) is 16.8 Å². The number of aromatic nitrogens is 5. The molecule has 0 aliphatic carbocycles. The van der Waals surface area contributed by atoms with Crippen LogP contribution in [0.5, 0.6) is 5.75 Å². The number of fused-ring (bicyclic) bond motifs is 2. The fraction of sp³-hybridized carbons (Fsp3) is 0.308. The van der Waals surface area contributed by atoms with Crippen LogP contribution in [-0.4, -0.2) is 55.5 Å². The molecule has 1 atom stereocenters. The minimum atomic E-state index is -0.581. The molecule has 0 spiro atoms. The van der Waals surface area contributed by atoms with Crippen molar-refractivity contribution in [2.45, 2.75) is 25.4 Å². The van der Waals surface area contributed by atoms with Crippen LogP contribution in [0.2, 0.25) is 5.02 Å². The fourth-order valence-corrected chi connectivity index (χ4v) is 6.67. The first kappa shape index (κ1) is 24.8. The molecule has 1 aromatic carbocycles. The number of likely N-dealkylation sites (N-methyl/N-ethyl adjacent to an activating group) is 1. The number of nitrogens with zero attached hydrogens (tertiary/aromatic N) is 6. The number of thiophene rings is 1. The van der Waals surface area contributed by atoms with Gasteiger partial charge in [-0.3, -0.25) is 19.0 Å². The molecule has 196 valence electrons. The molecule has 1 fully saturated rings. The van der Waals surface area contributed by atoms with Crippen LogP contribution in [0, 0.1) is 5.82 Å². The van der Waals surface area contributed by atoms with Crippen molar-refractivity contribution in [3.05, 3.63) is 68.5 Å². The van der Waals surface area contributed by atoms with Crippen LogP contribution < -0.4 is 16.0 Å². The van der Waals surface area contributed by atoms with Crippen LogP contribution in [-0.2, 0) is 13.6 Å². The van der Waals surface area contributed by atoms with Crippen molar-refractivity contribution >= 4 is 44.1 Å². The molecule has 1 aliphatic rings. The Kier molecular flexibility index (Phi) is 6.09. The van der Waals surface area contributed by atoms with E-state index in [0.717, 1.165) is 24.8 Å². The Labute approximate surface area is 225 Å². The lowest BCUT2D eigenvalue weighted by Crippen LogP contribution is -2.42. The average molecular weight is 555 g/mol. The molecule has 5 aromatic rings. The van der Waals surface area contributed by atoms with Crippen molar-refractivity contribution in [2.24, 2.45) is 7.05 Å². The van der Waals surface area contributed by atoms with E-state index in [1.807, 2.05) is 7.05 Å². The Bertz CT molecular complexity index is 1840.